The number of hydrogen-bond donors (Lipinski definition) is 0. The first-order valence-corrected chi connectivity index (χ1v) is 17.4. The van der Waals surface area contributed by atoms with Crippen LogP contribution in [0.1, 0.15) is 70.2 Å². The minimum Gasteiger partial charge on any atom is -0.491 e. The van der Waals surface area contributed by atoms with E-state index in [-0.39, 0.29) is 35.4 Å². The molecule has 0 amide bonds. The van der Waals surface area contributed by atoms with Gasteiger partial charge in [0.05, 0.1) is 25.9 Å². The molecule has 2 aliphatic rings. The van der Waals surface area contributed by atoms with E-state index >= 15 is 0 Å². The summed E-state index contributed by atoms with van der Waals surface area (Å²) in [4.78, 5) is 0. The lowest BCUT2D eigenvalue weighted by atomic mass is 9.78. The summed E-state index contributed by atoms with van der Waals surface area (Å²) in [5, 5.41) is 0. The fourth-order valence-electron chi connectivity index (χ4n) is 5.79. The van der Waals surface area contributed by atoms with Gasteiger partial charge in [0, 0.05) is 17.3 Å². The molecule has 0 radical (unpaired) electrons. The van der Waals surface area contributed by atoms with Gasteiger partial charge in [0.25, 0.3) is 0 Å². The molecule has 4 unspecified atom stereocenters. The molecule has 7 nitrogen and oxygen atoms in total. The van der Waals surface area contributed by atoms with Crippen molar-refractivity contribution in [1.29, 1.82) is 0 Å². The molecule has 6 rings (SSSR count). The Morgan fingerprint density at radius 3 is 1.27 bits per heavy atom. The van der Waals surface area contributed by atoms with E-state index in [1.54, 1.807) is 0 Å². The van der Waals surface area contributed by atoms with Crippen molar-refractivity contribution in [2.24, 2.45) is 0 Å². The van der Waals surface area contributed by atoms with Crippen LogP contribution in [0.3, 0.4) is 0 Å². The number of hydrogen-bond acceptors (Lipinski definition) is 7. The summed E-state index contributed by atoms with van der Waals surface area (Å²) in [7, 11) is 0. The van der Waals surface area contributed by atoms with E-state index < -0.39 is 0 Å². The quantitative estimate of drug-likeness (QED) is 0.0779. The zero-order valence-electron chi connectivity index (χ0n) is 29.6. The zero-order valence-corrected chi connectivity index (χ0v) is 29.6. The van der Waals surface area contributed by atoms with Crippen LogP contribution in [0.5, 0.6) is 23.0 Å². The van der Waals surface area contributed by atoms with Crippen molar-refractivity contribution in [3.63, 3.8) is 0 Å². The molecule has 0 aliphatic carbocycles. The van der Waals surface area contributed by atoms with Crippen LogP contribution in [0.2, 0.25) is 0 Å². The standard InChI is InChI=1S/C42H50O7/c1-29(48-37-19-11-33(12-20-37)41(3,4)31-7-15-35(16-8-31)44-25-39-27-46-39)23-24-43-30(2)49-38-21-13-34(14-22-38)42(5,6)32-9-17-36(18-10-32)45-26-40-28-47-40/h7-22,29-30,39-40H,23-28H2,1-6H3. The van der Waals surface area contributed by atoms with E-state index in [1.165, 1.54) is 22.3 Å². The molecule has 4 atom stereocenters. The van der Waals surface area contributed by atoms with Crippen molar-refractivity contribution in [3.8, 4) is 23.0 Å². The fraction of sp³-hybridized carbons (Fsp3) is 0.429. The van der Waals surface area contributed by atoms with Crippen molar-refractivity contribution in [3.05, 3.63) is 119 Å². The molecule has 2 fully saturated rings. The average molecular weight is 667 g/mol. The molecule has 4 aromatic rings. The van der Waals surface area contributed by atoms with Crippen LogP contribution in [-0.4, -0.2) is 57.6 Å². The zero-order chi connectivity index (χ0) is 34.4. The highest BCUT2D eigenvalue weighted by Crippen LogP contribution is 2.35. The molecule has 0 N–H and O–H groups in total. The second kappa shape index (κ2) is 15.2. The molecular formula is C42H50O7. The summed E-state index contributed by atoms with van der Waals surface area (Å²) in [6, 6.07) is 33.3. The predicted molar refractivity (Wildman–Crippen MR) is 191 cm³/mol. The topological polar surface area (TPSA) is 71.2 Å². The van der Waals surface area contributed by atoms with Gasteiger partial charge in [-0.15, -0.1) is 0 Å². The number of benzene rings is 4. The van der Waals surface area contributed by atoms with Crippen molar-refractivity contribution in [1.82, 2.24) is 0 Å². The van der Waals surface area contributed by atoms with E-state index in [0.29, 0.717) is 19.8 Å². The third-order valence-electron chi connectivity index (χ3n) is 9.50. The first-order chi connectivity index (χ1) is 23.6. The molecule has 260 valence electrons. The molecule has 2 heterocycles. The van der Waals surface area contributed by atoms with Gasteiger partial charge in [0.2, 0.25) is 0 Å². The second-order valence-electron chi connectivity index (χ2n) is 14.2. The lowest BCUT2D eigenvalue weighted by Crippen LogP contribution is -2.21. The van der Waals surface area contributed by atoms with Crippen molar-refractivity contribution in [2.75, 3.05) is 33.0 Å². The van der Waals surface area contributed by atoms with Gasteiger partial charge in [0.15, 0.2) is 6.29 Å². The maximum atomic E-state index is 6.21. The molecule has 7 heteroatoms. The Balaban J connectivity index is 0.919. The van der Waals surface area contributed by atoms with Gasteiger partial charge in [-0.25, -0.2) is 0 Å². The van der Waals surface area contributed by atoms with Crippen molar-refractivity contribution < 1.29 is 33.2 Å². The monoisotopic (exact) mass is 666 g/mol. The van der Waals surface area contributed by atoms with Gasteiger partial charge in [-0.1, -0.05) is 76.2 Å². The molecule has 2 aliphatic heterocycles. The summed E-state index contributed by atoms with van der Waals surface area (Å²) >= 11 is 0. The van der Waals surface area contributed by atoms with Crippen molar-refractivity contribution >= 4 is 0 Å². The molecule has 0 bridgehead atoms. The highest BCUT2D eigenvalue weighted by molar-refractivity contribution is 5.43. The van der Waals surface area contributed by atoms with Gasteiger partial charge < -0.3 is 33.2 Å². The lowest BCUT2D eigenvalue weighted by Gasteiger charge is -2.27. The van der Waals surface area contributed by atoms with Crippen LogP contribution in [-0.2, 0) is 25.0 Å². The molecule has 49 heavy (non-hydrogen) atoms. The Hall–Kier alpha value is -4.04. The maximum absolute atomic E-state index is 6.21. The van der Waals surface area contributed by atoms with Crippen LogP contribution >= 0.6 is 0 Å². The summed E-state index contributed by atoms with van der Waals surface area (Å²) in [5.74, 6) is 3.36. The van der Waals surface area contributed by atoms with E-state index in [0.717, 1.165) is 42.6 Å². The lowest BCUT2D eigenvalue weighted by molar-refractivity contribution is -0.0723. The highest BCUT2D eigenvalue weighted by Gasteiger charge is 2.26. The molecule has 0 aromatic heterocycles. The summed E-state index contributed by atoms with van der Waals surface area (Å²) in [6.07, 6.45) is 0.860. The van der Waals surface area contributed by atoms with E-state index in [2.05, 4.69) is 83.1 Å². The minimum absolute atomic E-state index is 0.00555. The first kappa shape index (κ1) is 34.8. The van der Waals surface area contributed by atoms with Crippen LogP contribution in [0.4, 0.5) is 0 Å². The van der Waals surface area contributed by atoms with Gasteiger partial charge in [-0.2, -0.15) is 0 Å². The van der Waals surface area contributed by atoms with E-state index in [4.69, 9.17) is 33.2 Å². The summed E-state index contributed by atoms with van der Waals surface area (Å²) in [6.45, 7) is 16.3. The van der Waals surface area contributed by atoms with E-state index in [9.17, 15) is 0 Å². The third-order valence-corrected chi connectivity index (χ3v) is 9.50. The average Bonchev–Trinajstić information content (AvgIpc) is 4.04. The van der Waals surface area contributed by atoms with Crippen molar-refractivity contribution in [2.45, 2.75) is 83.4 Å². The van der Waals surface area contributed by atoms with Gasteiger partial charge in [0.1, 0.15) is 48.4 Å². The third kappa shape index (κ3) is 9.56. The largest absolute Gasteiger partial charge is 0.491 e. The Labute approximate surface area is 291 Å². The van der Waals surface area contributed by atoms with Crippen LogP contribution in [0, 0.1) is 0 Å². The van der Waals surface area contributed by atoms with E-state index in [1.807, 2.05) is 55.5 Å². The Morgan fingerprint density at radius 1 is 0.551 bits per heavy atom. The predicted octanol–water partition coefficient (Wildman–Crippen LogP) is 8.49. The molecule has 4 aromatic carbocycles. The Bertz CT molecular complexity index is 1480. The first-order valence-electron chi connectivity index (χ1n) is 17.4. The minimum atomic E-state index is -0.381. The normalized spacial score (nSPS) is 18.3. The smallest absolute Gasteiger partial charge is 0.196 e. The SMILES string of the molecule is CC(CCOC(C)Oc1ccc(C(C)(C)c2ccc(OCC3CO3)cc2)cc1)Oc1ccc(C(C)(C)c2ccc(OCC3CO3)cc2)cc1. The molecule has 0 spiro atoms. The second-order valence-corrected chi connectivity index (χ2v) is 14.2. The number of rotatable bonds is 18. The molecule has 0 saturated carbocycles. The number of epoxide rings is 2. The summed E-state index contributed by atoms with van der Waals surface area (Å²) < 4.78 is 40.3. The Kier molecular flexibility index (Phi) is 10.8. The summed E-state index contributed by atoms with van der Waals surface area (Å²) in [5.41, 5.74) is 4.55. The number of ether oxygens (including phenoxy) is 7. The maximum Gasteiger partial charge on any atom is 0.196 e. The van der Waals surface area contributed by atoms with Gasteiger partial charge >= 0.3 is 0 Å². The Morgan fingerprint density at radius 2 is 0.898 bits per heavy atom. The fourth-order valence-corrected chi connectivity index (χ4v) is 5.79. The van der Waals surface area contributed by atoms with Gasteiger partial charge in [-0.05, 0) is 84.6 Å². The van der Waals surface area contributed by atoms with Crippen LogP contribution in [0.25, 0.3) is 0 Å². The highest BCUT2D eigenvalue weighted by atomic mass is 16.7. The van der Waals surface area contributed by atoms with Crippen LogP contribution < -0.4 is 18.9 Å². The molecule has 2 saturated heterocycles. The van der Waals surface area contributed by atoms with Gasteiger partial charge in [-0.3, -0.25) is 0 Å². The van der Waals surface area contributed by atoms with Crippen LogP contribution in [0.15, 0.2) is 97.1 Å². The molecular weight excluding hydrogens is 616 g/mol.